The first kappa shape index (κ1) is 9.34. The molecule has 1 aromatic carbocycles. The molecule has 1 aliphatic heterocycles. The largest absolute Gasteiger partial charge is 0.399 e. The van der Waals surface area contributed by atoms with Crippen molar-refractivity contribution in [1.82, 2.24) is 0 Å². The Hall–Kier alpha value is -1.22. The highest BCUT2D eigenvalue weighted by molar-refractivity contribution is 5.61. The van der Waals surface area contributed by atoms with Crippen LogP contribution in [0.5, 0.6) is 0 Å². The summed E-state index contributed by atoms with van der Waals surface area (Å²) in [6.07, 6.45) is 0. The van der Waals surface area contributed by atoms with E-state index in [-0.39, 0.29) is 0 Å². The van der Waals surface area contributed by atoms with Gasteiger partial charge in [0.05, 0.1) is 13.2 Å². The lowest BCUT2D eigenvalue weighted by Crippen LogP contribution is -2.36. The van der Waals surface area contributed by atoms with Gasteiger partial charge in [0.25, 0.3) is 0 Å². The first-order chi connectivity index (χ1) is 6.77. The van der Waals surface area contributed by atoms with Crippen molar-refractivity contribution >= 4 is 11.4 Å². The van der Waals surface area contributed by atoms with Gasteiger partial charge in [-0.15, -0.1) is 0 Å². The molecule has 1 aromatic rings. The number of benzene rings is 1. The predicted octanol–water partition coefficient (Wildman–Crippen LogP) is 1.29. The minimum absolute atomic E-state index is 0.770. The Morgan fingerprint density at radius 2 is 2.00 bits per heavy atom. The molecule has 1 heterocycles. The second kappa shape index (κ2) is 3.88. The van der Waals surface area contributed by atoms with E-state index in [0.29, 0.717) is 0 Å². The number of nitrogens with two attached hydrogens (primary N) is 1. The zero-order chi connectivity index (χ0) is 9.97. The monoisotopic (exact) mass is 191 g/mol. The van der Waals surface area contributed by atoms with Gasteiger partial charge in [0.15, 0.2) is 0 Å². The lowest BCUT2D eigenvalue weighted by molar-refractivity contribution is 0.122. The fourth-order valence-corrected chi connectivity index (χ4v) is 1.72. The van der Waals surface area contributed by atoms with E-state index in [1.807, 2.05) is 18.2 Å². The number of nitrogen functional groups attached to an aromatic ring is 1. The summed E-state index contributed by atoms with van der Waals surface area (Å²) in [5, 5.41) is 0. The van der Waals surface area contributed by atoms with Crippen molar-refractivity contribution in [2.45, 2.75) is 0 Å². The van der Waals surface area contributed by atoms with E-state index in [1.165, 1.54) is 5.69 Å². The van der Waals surface area contributed by atoms with Crippen LogP contribution in [-0.4, -0.2) is 26.3 Å². The van der Waals surface area contributed by atoms with Gasteiger partial charge >= 0.3 is 0 Å². The van der Waals surface area contributed by atoms with E-state index in [9.17, 15) is 0 Å². The minimum Gasteiger partial charge on any atom is -0.399 e. The van der Waals surface area contributed by atoms with E-state index < -0.39 is 0 Å². The van der Waals surface area contributed by atoms with Crippen molar-refractivity contribution in [3.8, 4) is 0 Å². The molecule has 0 aliphatic carbocycles. The molecule has 1 radical (unpaired) electrons. The molecule has 1 aliphatic rings. The Bertz CT molecular complexity index is 319. The molecule has 1 saturated heterocycles. The summed E-state index contributed by atoms with van der Waals surface area (Å²) in [5.74, 6) is 0. The highest BCUT2D eigenvalue weighted by Crippen LogP contribution is 2.22. The van der Waals surface area contributed by atoms with Crippen LogP contribution in [0.2, 0.25) is 0 Å². The molecule has 0 saturated carbocycles. The SMILES string of the molecule is [CH2]c1cc(N)ccc1N1CCOCC1. The molecule has 3 nitrogen and oxygen atoms in total. The van der Waals surface area contributed by atoms with Gasteiger partial charge in [-0.1, -0.05) is 0 Å². The van der Waals surface area contributed by atoms with Gasteiger partial charge in [-0.25, -0.2) is 0 Å². The highest BCUT2D eigenvalue weighted by Gasteiger charge is 2.12. The van der Waals surface area contributed by atoms with Gasteiger partial charge in [-0.2, -0.15) is 0 Å². The Kier molecular flexibility index (Phi) is 2.59. The minimum atomic E-state index is 0.770. The van der Waals surface area contributed by atoms with Gasteiger partial charge in [0.2, 0.25) is 0 Å². The number of hydrogen-bond acceptors (Lipinski definition) is 3. The highest BCUT2D eigenvalue weighted by atomic mass is 16.5. The Morgan fingerprint density at radius 3 is 2.64 bits per heavy atom. The molecule has 3 heteroatoms. The Labute approximate surface area is 84.5 Å². The number of nitrogens with zero attached hydrogens (tertiary/aromatic N) is 1. The van der Waals surface area contributed by atoms with Crippen LogP contribution in [0.3, 0.4) is 0 Å². The molecule has 0 amide bonds. The fraction of sp³-hybridized carbons (Fsp3) is 0.364. The third kappa shape index (κ3) is 1.82. The molecular weight excluding hydrogens is 176 g/mol. The third-order valence-electron chi connectivity index (χ3n) is 2.46. The average Bonchev–Trinajstić information content (AvgIpc) is 2.19. The van der Waals surface area contributed by atoms with Crippen molar-refractivity contribution in [3.05, 3.63) is 30.7 Å². The fourth-order valence-electron chi connectivity index (χ4n) is 1.72. The summed E-state index contributed by atoms with van der Waals surface area (Å²) in [6.45, 7) is 7.46. The zero-order valence-corrected chi connectivity index (χ0v) is 8.20. The number of hydrogen-bond donors (Lipinski definition) is 1. The first-order valence-electron chi connectivity index (χ1n) is 4.81. The van der Waals surface area contributed by atoms with Crippen LogP contribution in [0, 0.1) is 6.92 Å². The second-order valence-corrected chi connectivity index (χ2v) is 3.49. The number of anilines is 2. The molecular formula is C11H15N2O. The molecule has 0 aromatic heterocycles. The summed E-state index contributed by atoms with van der Waals surface area (Å²) < 4.78 is 5.30. The van der Waals surface area contributed by atoms with E-state index in [4.69, 9.17) is 10.5 Å². The lowest BCUT2D eigenvalue weighted by Gasteiger charge is -2.30. The van der Waals surface area contributed by atoms with Crippen LogP contribution in [-0.2, 0) is 4.74 Å². The molecule has 2 N–H and O–H groups in total. The maximum Gasteiger partial charge on any atom is 0.0642 e. The van der Waals surface area contributed by atoms with Crippen LogP contribution < -0.4 is 10.6 Å². The molecule has 1 fully saturated rings. The molecule has 0 unspecified atom stereocenters. The van der Waals surface area contributed by atoms with Crippen molar-refractivity contribution in [2.24, 2.45) is 0 Å². The normalized spacial score (nSPS) is 17.1. The lowest BCUT2D eigenvalue weighted by atomic mass is 10.1. The molecule has 0 spiro atoms. The predicted molar refractivity (Wildman–Crippen MR) is 58.3 cm³/mol. The molecule has 75 valence electrons. The number of morpholine rings is 1. The van der Waals surface area contributed by atoms with Crippen LogP contribution in [0.15, 0.2) is 18.2 Å². The van der Waals surface area contributed by atoms with Crippen molar-refractivity contribution in [2.75, 3.05) is 36.9 Å². The van der Waals surface area contributed by atoms with E-state index in [0.717, 1.165) is 37.6 Å². The van der Waals surface area contributed by atoms with Crippen molar-refractivity contribution < 1.29 is 4.74 Å². The van der Waals surface area contributed by atoms with Gasteiger partial charge in [-0.05, 0) is 30.7 Å². The van der Waals surface area contributed by atoms with Crippen molar-refractivity contribution in [3.63, 3.8) is 0 Å². The van der Waals surface area contributed by atoms with Crippen LogP contribution in [0.4, 0.5) is 11.4 Å². The van der Waals surface area contributed by atoms with Crippen molar-refractivity contribution in [1.29, 1.82) is 0 Å². The molecule has 0 atom stereocenters. The Balaban J connectivity index is 2.22. The van der Waals surface area contributed by atoms with Gasteiger partial charge in [0.1, 0.15) is 0 Å². The molecule has 0 bridgehead atoms. The molecule has 14 heavy (non-hydrogen) atoms. The maximum atomic E-state index is 5.67. The summed E-state index contributed by atoms with van der Waals surface area (Å²) >= 11 is 0. The van der Waals surface area contributed by atoms with E-state index >= 15 is 0 Å². The second-order valence-electron chi connectivity index (χ2n) is 3.49. The quantitative estimate of drug-likeness (QED) is 0.680. The Morgan fingerprint density at radius 1 is 1.29 bits per heavy atom. The number of rotatable bonds is 1. The molecule has 2 rings (SSSR count). The summed E-state index contributed by atoms with van der Waals surface area (Å²) in [5.41, 5.74) is 8.61. The summed E-state index contributed by atoms with van der Waals surface area (Å²) in [7, 11) is 0. The van der Waals surface area contributed by atoms with E-state index in [1.54, 1.807) is 0 Å². The zero-order valence-electron chi connectivity index (χ0n) is 8.20. The average molecular weight is 191 g/mol. The van der Waals surface area contributed by atoms with Gasteiger partial charge in [0, 0.05) is 24.5 Å². The summed E-state index contributed by atoms with van der Waals surface area (Å²) in [6, 6.07) is 5.85. The third-order valence-corrected chi connectivity index (χ3v) is 2.46. The maximum absolute atomic E-state index is 5.67. The standard InChI is InChI=1S/C11H15N2O/c1-9-8-10(12)2-3-11(9)13-4-6-14-7-5-13/h2-3,8H,1,4-7,12H2. The van der Waals surface area contributed by atoms with Crippen LogP contribution in [0.1, 0.15) is 5.56 Å². The van der Waals surface area contributed by atoms with Crippen LogP contribution in [0.25, 0.3) is 0 Å². The van der Waals surface area contributed by atoms with Gasteiger partial charge < -0.3 is 15.4 Å². The smallest absolute Gasteiger partial charge is 0.0642 e. The van der Waals surface area contributed by atoms with Crippen LogP contribution >= 0.6 is 0 Å². The topological polar surface area (TPSA) is 38.5 Å². The van der Waals surface area contributed by atoms with Gasteiger partial charge in [-0.3, -0.25) is 0 Å². The summed E-state index contributed by atoms with van der Waals surface area (Å²) in [4.78, 5) is 2.28. The first-order valence-corrected chi connectivity index (χ1v) is 4.81. The number of ether oxygens (including phenoxy) is 1. The van der Waals surface area contributed by atoms with E-state index in [2.05, 4.69) is 11.8 Å².